The van der Waals surface area contributed by atoms with Crippen LogP contribution in [-0.4, -0.2) is 21.7 Å². The Labute approximate surface area is 223 Å². The van der Waals surface area contributed by atoms with E-state index in [-0.39, 0.29) is 21.7 Å². The smallest absolute Gasteiger partial charge is 0.230 e. The molecule has 0 atom stereocenters. The van der Waals surface area contributed by atoms with Crippen LogP contribution in [0.5, 0.6) is 0 Å². The van der Waals surface area contributed by atoms with E-state index >= 15 is 0 Å². The van der Waals surface area contributed by atoms with Gasteiger partial charge in [0, 0.05) is 10.0 Å². The second kappa shape index (κ2) is 12.1. The topological polar surface area (TPSA) is 82.9 Å². The van der Waals surface area contributed by atoms with Gasteiger partial charge in [0.1, 0.15) is 0 Å². The van der Waals surface area contributed by atoms with Crippen LogP contribution in [0.15, 0.2) is 93.8 Å². The fourth-order valence-corrected chi connectivity index (χ4v) is 5.12. The van der Waals surface area contributed by atoms with Crippen molar-refractivity contribution in [3.8, 4) is 0 Å². The van der Waals surface area contributed by atoms with Crippen molar-refractivity contribution < 1.29 is 9.59 Å². The number of nitrogens with zero attached hydrogens (tertiary/aromatic N) is 2. The number of thiophene rings is 2. The first kappa shape index (κ1) is 25.2. The molecule has 4 rings (SSSR count). The first-order valence-electron chi connectivity index (χ1n) is 10.0. The number of anilines is 2. The molecule has 4 aromatic rings. The monoisotopic (exact) mass is 558 g/mol. The summed E-state index contributed by atoms with van der Waals surface area (Å²) in [4.78, 5) is 27.5. The normalized spacial score (nSPS) is 11.8. The van der Waals surface area contributed by atoms with Crippen LogP contribution in [0.3, 0.4) is 0 Å². The van der Waals surface area contributed by atoms with E-state index in [0.717, 1.165) is 11.8 Å². The average Bonchev–Trinajstić information content (AvgIpc) is 3.60. The molecular weight excluding hydrogens is 543 g/mol. The lowest BCUT2D eigenvalue weighted by Crippen LogP contribution is -2.19. The van der Waals surface area contributed by atoms with Gasteiger partial charge in [-0.05, 0) is 83.2 Å². The number of ketones is 2. The molecule has 2 aromatic carbocycles. The van der Waals surface area contributed by atoms with E-state index in [1.165, 1.54) is 22.7 Å². The highest BCUT2D eigenvalue weighted by Gasteiger charge is 2.24. The van der Waals surface area contributed by atoms with Crippen molar-refractivity contribution in [3.05, 3.63) is 103 Å². The van der Waals surface area contributed by atoms with E-state index in [0.29, 0.717) is 31.2 Å². The first-order chi connectivity index (χ1) is 17.0. The van der Waals surface area contributed by atoms with Crippen LogP contribution in [0, 0.1) is 0 Å². The molecule has 0 aliphatic carbocycles. The molecule has 2 heterocycles. The number of benzene rings is 2. The molecule has 0 fully saturated rings. The van der Waals surface area contributed by atoms with Gasteiger partial charge in [0.2, 0.25) is 11.6 Å². The summed E-state index contributed by atoms with van der Waals surface area (Å²) in [5.74, 6) is -0.658. The summed E-state index contributed by atoms with van der Waals surface area (Å²) in [6.45, 7) is 0. The van der Waals surface area contributed by atoms with Gasteiger partial charge in [-0.2, -0.15) is 10.2 Å². The first-order valence-corrected chi connectivity index (χ1v) is 13.4. The summed E-state index contributed by atoms with van der Waals surface area (Å²) in [6, 6.07) is 20.7. The van der Waals surface area contributed by atoms with Crippen LogP contribution in [0.2, 0.25) is 10.0 Å². The van der Waals surface area contributed by atoms with Crippen LogP contribution >= 0.6 is 57.6 Å². The maximum atomic E-state index is 13.2. The SMILES string of the molecule is O=C(/C(=N/Nc1ccc(Cl)cc1)S/C(=N\Nc1ccc(Cl)cc1)C(=O)c1cccs1)c1cccs1. The number of carbonyl (C=O) groups is 2. The molecule has 176 valence electrons. The Hall–Kier alpha value is -2.95. The number of Topliss-reactive ketones (excluding diaryl/α,β-unsaturated/α-hetero) is 2. The molecule has 0 bridgehead atoms. The van der Waals surface area contributed by atoms with E-state index in [1.807, 2.05) is 0 Å². The number of thioether (sulfide) groups is 1. The molecule has 35 heavy (non-hydrogen) atoms. The summed E-state index contributed by atoms with van der Waals surface area (Å²) in [6.07, 6.45) is 0. The van der Waals surface area contributed by atoms with Gasteiger partial charge in [0.15, 0.2) is 10.1 Å². The fraction of sp³-hybridized carbons (Fsp3) is 0. The molecule has 6 nitrogen and oxygen atoms in total. The molecule has 0 amide bonds. The van der Waals surface area contributed by atoms with E-state index in [4.69, 9.17) is 23.2 Å². The largest absolute Gasteiger partial charge is 0.285 e. The Morgan fingerprint density at radius 1 is 0.657 bits per heavy atom. The second-order valence-corrected chi connectivity index (χ2v) is 10.5. The lowest BCUT2D eigenvalue weighted by Gasteiger charge is -2.09. The average molecular weight is 560 g/mol. The molecule has 0 spiro atoms. The molecule has 2 N–H and O–H groups in total. The van der Waals surface area contributed by atoms with Crippen molar-refractivity contribution in [2.75, 3.05) is 10.9 Å². The van der Waals surface area contributed by atoms with E-state index in [1.54, 1.807) is 83.6 Å². The number of hydrazone groups is 2. The molecule has 0 radical (unpaired) electrons. The number of rotatable bonds is 8. The molecule has 0 saturated heterocycles. The van der Waals surface area contributed by atoms with E-state index < -0.39 is 0 Å². The zero-order chi connectivity index (χ0) is 24.6. The fourth-order valence-electron chi connectivity index (χ4n) is 2.64. The predicted octanol–water partition coefficient (Wildman–Crippen LogP) is 7.77. The van der Waals surface area contributed by atoms with Crippen LogP contribution < -0.4 is 10.9 Å². The highest BCUT2D eigenvalue weighted by atomic mass is 35.5. The third-order valence-electron chi connectivity index (χ3n) is 4.33. The van der Waals surface area contributed by atoms with Crippen molar-refractivity contribution in [1.29, 1.82) is 0 Å². The molecule has 11 heteroatoms. The van der Waals surface area contributed by atoms with Gasteiger partial charge in [-0.15, -0.1) is 22.7 Å². The van der Waals surface area contributed by atoms with Gasteiger partial charge in [-0.1, -0.05) is 35.3 Å². The zero-order valence-corrected chi connectivity index (χ0v) is 21.7. The van der Waals surface area contributed by atoms with E-state index in [2.05, 4.69) is 21.1 Å². The maximum absolute atomic E-state index is 13.2. The Bertz CT molecular complexity index is 1250. The molecular formula is C24H16Cl2N4O2S3. The number of hydrogen-bond acceptors (Lipinski definition) is 9. The molecule has 0 saturated carbocycles. The maximum Gasteiger partial charge on any atom is 0.230 e. The van der Waals surface area contributed by atoms with Gasteiger partial charge >= 0.3 is 0 Å². The third kappa shape index (κ3) is 7.03. The minimum absolute atomic E-state index is 0.0592. The van der Waals surface area contributed by atoms with E-state index in [9.17, 15) is 9.59 Å². The molecule has 2 aromatic heterocycles. The quantitative estimate of drug-likeness (QED) is 0.0998. The van der Waals surface area contributed by atoms with Gasteiger partial charge in [-0.3, -0.25) is 20.4 Å². The number of carbonyl (C=O) groups excluding carboxylic acids is 2. The lowest BCUT2D eigenvalue weighted by atomic mass is 10.3. The van der Waals surface area contributed by atoms with Crippen molar-refractivity contribution in [2.24, 2.45) is 10.2 Å². The number of nitrogens with one attached hydrogen (secondary N) is 2. The van der Waals surface area contributed by atoms with Crippen molar-refractivity contribution in [2.45, 2.75) is 0 Å². The summed E-state index contributed by atoms with van der Waals surface area (Å²) >= 11 is 15.4. The van der Waals surface area contributed by atoms with Crippen LogP contribution in [-0.2, 0) is 0 Å². The zero-order valence-electron chi connectivity index (χ0n) is 17.8. The Morgan fingerprint density at radius 2 is 1.06 bits per heavy atom. The predicted molar refractivity (Wildman–Crippen MR) is 150 cm³/mol. The van der Waals surface area contributed by atoms with Gasteiger partial charge < -0.3 is 0 Å². The summed E-state index contributed by atoms with van der Waals surface area (Å²) in [5.41, 5.74) is 7.00. The van der Waals surface area contributed by atoms with Crippen LogP contribution in [0.25, 0.3) is 0 Å². The standard InChI is InChI=1S/C24H16Cl2N4O2S3/c25-15-5-9-17(10-6-15)27-29-23(21(31)19-3-1-13-33-19)35-24(22(32)20-4-2-14-34-20)30-28-18-11-7-16(26)8-12-18/h1-14,27-28H/b29-23-,30-24-. The second-order valence-electron chi connectivity index (χ2n) is 6.79. The summed E-state index contributed by atoms with van der Waals surface area (Å²) in [5, 5.41) is 13.5. The Balaban J connectivity index is 1.66. The van der Waals surface area contributed by atoms with Gasteiger partial charge in [-0.25, -0.2) is 0 Å². The summed E-state index contributed by atoms with van der Waals surface area (Å²) in [7, 11) is 0. The van der Waals surface area contributed by atoms with Crippen molar-refractivity contribution in [1.82, 2.24) is 0 Å². The lowest BCUT2D eigenvalue weighted by molar-refractivity contribution is 0.106. The number of hydrogen-bond donors (Lipinski definition) is 2. The van der Waals surface area contributed by atoms with Gasteiger partial charge in [0.25, 0.3) is 0 Å². The minimum Gasteiger partial charge on any atom is -0.285 e. The molecule has 0 aliphatic heterocycles. The highest BCUT2D eigenvalue weighted by Crippen LogP contribution is 2.23. The minimum atomic E-state index is -0.329. The highest BCUT2D eigenvalue weighted by molar-refractivity contribution is 8.29. The van der Waals surface area contributed by atoms with Crippen molar-refractivity contribution in [3.63, 3.8) is 0 Å². The van der Waals surface area contributed by atoms with Gasteiger partial charge in [0.05, 0.1) is 21.1 Å². The van der Waals surface area contributed by atoms with Crippen molar-refractivity contribution >= 4 is 90.7 Å². The Morgan fingerprint density at radius 3 is 1.40 bits per heavy atom. The third-order valence-corrected chi connectivity index (χ3v) is 7.51. The molecule has 0 unspecified atom stereocenters. The number of halogens is 2. The summed E-state index contributed by atoms with van der Waals surface area (Å²) < 4.78 is 0. The molecule has 0 aliphatic rings. The van der Waals surface area contributed by atoms with Crippen LogP contribution in [0.1, 0.15) is 19.3 Å². The Kier molecular flexibility index (Phi) is 8.73. The van der Waals surface area contributed by atoms with Crippen LogP contribution in [0.4, 0.5) is 11.4 Å².